The highest BCUT2D eigenvalue weighted by Crippen LogP contribution is 2.33. The molecule has 0 bridgehead atoms. The average molecular weight is 487 g/mol. The Balaban J connectivity index is 0.000000421. The van der Waals surface area contributed by atoms with Crippen molar-refractivity contribution in [3.63, 3.8) is 0 Å². The molecule has 0 fully saturated rings. The van der Waals surface area contributed by atoms with Crippen LogP contribution in [0.3, 0.4) is 0 Å². The van der Waals surface area contributed by atoms with Crippen LogP contribution in [-0.2, 0) is 7.05 Å². The van der Waals surface area contributed by atoms with Crippen molar-refractivity contribution < 1.29 is 4.57 Å². The molecule has 0 spiro atoms. The fourth-order valence-electron chi connectivity index (χ4n) is 4.58. The first-order valence-corrected chi connectivity index (χ1v) is 13.2. The summed E-state index contributed by atoms with van der Waals surface area (Å²) in [5.74, 6) is 2.86. The third kappa shape index (κ3) is 4.82. The van der Waals surface area contributed by atoms with Crippen LogP contribution < -0.4 is 4.57 Å². The molecule has 3 nitrogen and oxygen atoms in total. The van der Waals surface area contributed by atoms with E-state index in [1.807, 2.05) is 0 Å². The predicted molar refractivity (Wildman–Crippen MR) is 156 cm³/mol. The van der Waals surface area contributed by atoms with Gasteiger partial charge in [-0.15, -0.1) is 0 Å². The van der Waals surface area contributed by atoms with E-state index in [1.165, 1.54) is 33.1 Å². The van der Waals surface area contributed by atoms with Crippen LogP contribution in [0.4, 0.5) is 0 Å². The number of para-hydroxylation sites is 2. The van der Waals surface area contributed by atoms with Gasteiger partial charge in [-0.2, -0.15) is 4.57 Å². The molecule has 0 radical (unpaired) electrons. The van der Waals surface area contributed by atoms with Crippen molar-refractivity contribution in [1.82, 2.24) is 9.13 Å². The van der Waals surface area contributed by atoms with Crippen LogP contribution in [0.2, 0.25) is 0 Å². The van der Waals surface area contributed by atoms with Crippen molar-refractivity contribution in [3.05, 3.63) is 116 Å². The van der Waals surface area contributed by atoms with Gasteiger partial charge in [-0.05, 0) is 60.4 Å². The maximum Gasteiger partial charge on any atom is 0.293 e. The van der Waals surface area contributed by atoms with Gasteiger partial charge < -0.3 is 4.57 Å². The molecule has 2 heterocycles. The maximum absolute atomic E-state index is 2.35. The lowest BCUT2D eigenvalue weighted by Gasteiger charge is -2.08. The van der Waals surface area contributed by atoms with E-state index in [9.17, 15) is 0 Å². The molecule has 0 unspecified atom stereocenters. The van der Waals surface area contributed by atoms with Crippen LogP contribution in [0.5, 0.6) is 0 Å². The Bertz CT molecular complexity index is 1610. The fourth-order valence-corrected chi connectivity index (χ4v) is 4.58. The van der Waals surface area contributed by atoms with E-state index in [0.717, 1.165) is 23.3 Å². The van der Waals surface area contributed by atoms with Crippen LogP contribution in [0.15, 0.2) is 116 Å². The number of rotatable bonds is 4. The van der Waals surface area contributed by atoms with Gasteiger partial charge in [0, 0.05) is 16.5 Å². The summed E-state index contributed by atoms with van der Waals surface area (Å²) in [6, 6.07) is 36.5. The van der Waals surface area contributed by atoms with Crippen LogP contribution >= 0.6 is 0 Å². The maximum atomic E-state index is 2.35. The van der Waals surface area contributed by atoms with Crippen molar-refractivity contribution in [3.8, 4) is 22.8 Å². The molecule has 0 aliphatic rings. The van der Waals surface area contributed by atoms with E-state index in [2.05, 4.69) is 164 Å². The molecule has 0 aliphatic heterocycles. The van der Waals surface area contributed by atoms with Gasteiger partial charge in [0.1, 0.15) is 18.1 Å². The number of aromatic nitrogens is 3. The van der Waals surface area contributed by atoms with Crippen LogP contribution in [0, 0.1) is 11.8 Å². The van der Waals surface area contributed by atoms with Crippen LogP contribution in [0.1, 0.15) is 27.7 Å². The molecule has 0 amide bonds. The second kappa shape index (κ2) is 10.5. The molecule has 4 aromatic carbocycles. The van der Waals surface area contributed by atoms with Gasteiger partial charge in [0.2, 0.25) is 0 Å². The Morgan fingerprint density at radius 3 is 1.86 bits per heavy atom. The summed E-state index contributed by atoms with van der Waals surface area (Å²) in [4.78, 5) is 0. The Morgan fingerprint density at radius 1 is 0.595 bits per heavy atom. The molecule has 6 aromatic rings. The lowest BCUT2D eigenvalue weighted by atomic mass is 10.0. The summed E-state index contributed by atoms with van der Waals surface area (Å²) < 4.78 is 6.79. The van der Waals surface area contributed by atoms with E-state index < -0.39 is 0 Å². The smallest absolute Gasteiger partial charge is 0.293 e. The summed E-state index contributed by atoms with van der Waals surface area (Å²) in [6.45, 7) is 8.96. The normalized spacial score (nSPS) is 11.3. The van der Waals surface area contributed by atoms with Crippen molar-refractivity contribution in [2.75, 3.05) is 0 Å². The van der Waals surface area contributed by atoms with Crippen molar-refractivity contribution in [2.45, 2.75) is 27.7 Å². The number of nitrogens with zero attached hydrogens (tertiary/aromatic N) is 3. The molecule has 37 heavy (non-hydrogen) atoms. The predicted octanol–water partition coefficient (Wildman–Crippen LogP) is 8.36. The molecule has 0 aliphatic carbocycles. The van der Waals surface area contributed by atoms with Gasteiger partial charge in [-0.1, -0.05) is 82.3 Å². The monoisotopic (exact) mass is 486 g/mol. The number of fused-ring (bicyclic) bond motifs is 3. The molecule has 2 aromatic heterocycles. The minimum absolute atomic E-state index is 0.852. The zero-order chi connectivity index (χ0) is 25.9. The molecular weight excluding hydrogens is 450 g/mol. The third-order valence-corrected chi connectivity index (χ3v) is 7.32. The first kappa shape index (κ1) is 24.6. The zero-order valence-corrected chi connectivity index (χ0v) is 22.5. The first-order valence-electron chi connectivity index (χ1n) is 13.2. The fraction of sp³-hybridized carbons (Fsp3) is 0.206. The second-order valence-corrected chi connectivity index (χ2v) is 10.3. The topological polar surface area (TPSA) is 13.7 Å². The summed E-state index contributed by atoms with van der Waals surface area (Å²) in [7, 11) is 2.10. The molecule has 0 N–H and O–H groups in total. The minimum atomic E-state index is 0.852. The van der Waals surface area contributed by atoms with Crippen molar-refractivity contribution >= 4 is 21.8 Å². The molecule has 0 saturated heterocycles. The highest BCUT2D eigenvalue weighted by Gasteiger charge is 2.20. The minimum Gasteiger partial charge on any atom is -0.309 e. The van der Waals surface area contributed by atoms with Crippen LogP contribution in [-0.4, -0.2) is 9.13 Å². The Hall–Kier alpha value is -4.11. The van der Waals surface area contributed by atoms with E-state index >= 15 is 0 Å². The molecule has 186 valence electrons. The van der Waals surface area contributed by atoms with E-state index in [0.29, 0.717) is 0 Å². The zero-order valence-electron chi connectivity index (χ0n) is 22.5. The van der Waals surface area contributed by atoms with Gasteiger partial charge in [0.25, 0.3) is 5.82 Å². The largest absolute Gasteiger partial charge is 0.309 e. The summed E-state index contributed by atoms with van der Waals surface area (Å²) >= 11 is 0. The van der Waals surface area contributed by atoms with Gasteiger partial charge in [-0.25, -0.2) is 4.57 Å². The molecular formula is C34H36N3+. The molecule has 3 heteroatoms. The Morgan fingerprint density at radius 2 is 1.19 bits per heavy atom. The van der Waals surface area contributed by atoms with Gasteiger partial charge in [0.15, 0.2) is 0 Å². The van der Waals surface area contributed by atoms with Gasteiger partial charge in [0.05, 0.1) is 23.6 Å². The highest BCUT2D eigenvalue weighted by molar-refractivity contribution is 6.09. The quantitative estimate of drug-likeness (QED) is 0.222. The van der Waals surface area contributed by atoms with Crippen LogP contribution in [0.25, 0.3) is 44.6 Å². The molecule has 0 saturated carbocycles. The summed E-state index contributed by atoms with van der Waals surface area (Å²) in [5.41, 5.74) is 5.97. The van der Waals surface area contributed by atoms with Gasteiger partial charge in [-0.3, -0.25) is 0 Å². The van der Waals surface area contributed by atoms with E-state index in [1.54, 1.807) is 0 Å². The number of aryl methyl sites for hydroxylation is 1. The standard InChI is InChI=1S/C28H22N3.C6H14/c1-29-18-19-30(28(29)21-10-4-2-5-11-21)23-16-17-27-25(20-23)24-14-8-9-15-26(24)31(27)22-12-6-3-7-13-22;1-5(2)6(3)4/h2-20H,1H3;5-6H,1-4H3/q+1;. The molecule has 6 rings (SSSR count). The highest BCUT2D eigenvalue weighted by atomic mass is 15.1. The lowest BCUT2D eigenvalue weighted by Crippen LogP contribution is -2.28. The van der Waals surface area contributed by atoms with Gasteiger partial charge >= 0.3 is 0 Å². The molecule has 0 atom stereocenters. The average Bonchev–Trinajstić information content (AvgIpc) is 3.47. The first-order chi connectivity index (χ1) is 18.0. The number of benzene rings is 4. The number of hydrogen-bond acceptors (Lipinski definition) is 0. The third-order valence-electron chi connectivity index (χ3n) is 7.32. The SMILES string of the molecule is CC(C)C(C)C.C[n+]1ccn(-c2ccc3c(c2)c2ccccc2n3-c2ccccc2)c1-c1ccccc1. The number of hydrogen-bond donors (Lipinski definition) is 0. The second-order valence-electron chi connectivity index (χ2n) is 10.3. The van der Waals surface area contributed by atoms with Crippen molar-refractivity contribution in [2.24, 2.45) is 18.9 Å². The van der Waals surface area contributed by atoms with Crippen molar-refractivity contribution in [1.29, 1.82) is 0 Å². The summed E-state index contributed by atoms with van der Waals surface area (Å²) in [5, 5.41) is 2.52. The van der Waals surface area contributed by atoms with E-state index in [-0.39, 0.29) is 0 Å². The van der Waals surface area contributed by atoms with E-state index in [4.69, 9.17) is 0 Å². The number of imidazole rings is 1. The lowest BCUT2D eigenvalue weighted by molar-refractivity contribution is -0.659. The Kier molecular flexibility index (Phi) is 6.96. The summed E-state index contributed by atoms with van der Waals surface area (Å²) in [6.07, 6.45) is 4.25. The Labute approximate surface area is 220 Å².